The van der Waals surface area contributed by atoms with Gasteiger partial charge in [-0.05, 0) is 22.9 Å². The fourth-order valence-corrected chi connectivity index (χ4v) is 2.61. The van der Waals surface area contributed by atoms with Crippen LogP contribution in [0.15, 0.2) is 16.2 Å². The summed E-state index contributed by atoms with van der Waals surface area (Å²) in [5, 5.41) is 12.3. The maximum Gasteiger partial charge on any atom is 0.280 e. The molecule has 18 heavy (non-hydrogen) atoms. The number of carbonyl (C=O) groups is 1. The van der Waals surface area contributed by atoms with E-state index in [-0.39, 0.29) is 12.5 Å². The highest BCUT2D eigenvalue weighted by Crippen LogP contribution is 2.24. The lowest BCUT2D eigenvalue weighted by Crippen LogP contribution is -2.31. The standard InChI is InChI=1S/C10H11BrN4O2S/c1-5-7(11)18-10(14-5)9(17)15-6(4-16)8-12-2-3-13-8/h2-3,6,16H,4H2,1H3,(H,12,13)(H,15,17). The molecule has 0 radical (unpaired) electrons. The zero-order valence-corrected chi connectivity index (χ0v) is 11.9. The number of H-pyrrole nitrogens is 1. The first-order chi connectivity index (χ1) is 8.61. The van der Waals surface area contributed by atoms with E-state index in [4.69, 9.17) is 0 Å². The van der Waals surface area contributed by atoms with E-state index in [1.54, 1.807) is 12.4 Å². The van der Waals surface area contributed by atoms with Gasteiger partial charge in [-0.15, -0.1) is 11.3 Å². The molecular formula is C10H11BrN4O2S. The van der Waals surface area contributed by atoms with E-state index in [2.05, 4.69) is 36.2 Å². The van der Waals surface area contributed by atoms with Crippen LogP contribution in [-0.2, 0) is 0 Å². The molecule has 0 saturated carbocycles. The summed E-state index contributed by atoms with van der Waals surface area (Å²) in [6, 6.07) is -0.560. The number of aromatic nitrogens is 3. The summed E-state index contributed by atoms with van der Waals surface area (Å²) in [5.74, 6) is 0.183. The molecule has 8 heteroatoms. The SMILES string of the molecule is Cc1nc(C(=O)NC(CO)c2ncc[nH]2)sc1Br. The number of thiazole rings is 1. The van der Waals surface area contributed by atoms with Crippen molar-refractivity contribution in [1.29, 1.82) is 0 Å². The van der Waals surface area contributed by atoms with Gasteiger partial charge in [-0.3, -0.25) is 4.79 Å². The Morgan fingerprint density at radius 2 is 2.50 bits per heavy atom. The van der Waals surface area contributed by atoms with Crippen LogP contribution < -0.4 is 5.32 Å². The summed E-state index contributed by atoms with van der Waals surface area (Å²) in [4.78, 5) is 22.9. The van der Waals surface area contributed by atoms with Gasteiger partial charge in [0.2, 0.25) is 0 Å². The van der Waals surface area contributed by atoms with E-state index in [0.717, 1.165) is 9.48 Å². The number of aliphatic hydroxyl groups excluding tert-OH is 1. The first-order valence-corrected chi connectivity index (χ1v) is 6.76. The smallest absolute Gasteiger partial charge is 0.280 e. The van der Waals surface area contributed by atoms with Crippen molar-refractivity contribution in [2.24, 2.45) is 0 Å². The van der Waals surface area contributed by atoms with E-state index >= 15 is 0 Å². The third-order valence-corrected chi connectivity index (χ3v) is 4.28. The van der Waals surface area contributed by atoms with Gasteiger partial charge in [0.1, 0.15) is 11.9 Å². The third kappa shape index (κ3) is 2.77. The summed E-state index contributed by atoms with van der Waals surface area (Å²) in [5.41, 5.74) is 0.767. The van der Waals surface area contributed by atoms with Crippen LogP contribution in [0.5, 0.6) is 0 Å². The molecule has 3 N–H and O–H groups in total. The number of amides is 1. The van der Waals surface area contributed by atoms with Crippen LogP contribution in [0.25, 0.3) is 0 Å². The number of imidazole rings is 1. The van der Waals surface area contributed by atoms with Gasteiger partial charge in [0, 0.05) is 12.4 Å². The van der Waals surface area contributed by atoms with Gasteiger partial charge in [-0.1, -0.05) is 0 Å². The number of halogens is 1. The molecule has 0 aromatic carbocycles. The molecule has 0 bridgehead atoms. The fourth-order valence-electron chi connectivity index (χ4n) is 1.36. The van der Waals surface area contributed by atoms with Crippen molar-refractivity contribution in [2.45, 2.75) is 13.0 Å². The first kappa shape index (κ1) is 13.2. The zero-order valence-electron chi connectivity index (χ0n) is 9.48. The van der Waals surface area contributed by atoms with Crippen LogP contribution >= 0.6 is 27.3 Å². The van der Waals surface area contributed by atoms with Crippen LogP contribution in [0.3, 0.4) is 0 Å². The van der Waals surface area contributed by atoms with Crippen LogP contribution in [0.4, 0.5) is 0 Å². The Labute approximate surface area is 116 Å². The second-order valence-electron chi connectivity index (χ2n) is 3.56. The summed E-state index contributed by atoms with van der Waals surface area (Å²) in [7, 11) is 0. The van der Waals surface area contributed by atoms with Crippen molar-refractivity contribution >= 4 is 33.2 Å². The minimum atomic E-state index is -0.560. The number of aryl methyl sites for hydroxylation is 1. The lowest BCUT2D eigenvalue weighted by Gasteiger charge is -2.12. The lowest BCUT2D eigenvalue weighted by molar-refractivity contribution is 0.0913. The molecule has 6 nitrogen and oxygen atoms in total. The van der Waals surface area contributed by atoms with Gasteiger partial charge in [-0.25, -0.2) is 9.97 Å². The van der Waals surface area contributed by atoms with Gasteiger partial charge >= 0.3 is 0 Å². The molecule has 2 aromatic heterocycles. The molecule has 2 heterocycles. The van der Waals surface area contributed by atoms with Gasteiger partial charge in [0.25, 0.3) is 5.91 Å². The van der Waals surface area contributed by atoms with Crippen molar-refractivity contribution in [3.8, 4) is 0 Å². The number of nitrogens with one attached hydrogen (secondary N) is 2. The van der Waals surface area contributed by atoms with Gasteiger partial charge in [-0.2, -0.15) is 0 Å². The Morgan fingerprint density at radius 1 is 1.72 bits per heavy atom. The largest absolute Gasteiger partial charge is 0.394 e. The Morgan fingerprint density at radius 3 is 3.00 bits per heavy atom. The first-order valence-electron chi connectivity index (χ1n) is 5.15. The lowest BCUT2D eigenvalue weighted by atomic mass is 10.3. The van der Waals surface area contributed by atoms with Gasteiger partial charge in [0.15, 0.2) is 5.01 Å². The Hall–Kier alpha value is -1.25. The number of rotatable bonds is 4. The topological polar surface area (TPSA) is 90.9 Å². The minimum Gasteiger partial charge on any atom is -0.394 e. The highest BCUT2D eigenvalue weighted by molar-refractivity contribution is 9.11. The molecule has 0 aliphatic carbocycles. The molecule has 96 valence electrons. The molecule has 1 amide bonds. The molecule has 0 aliphatic rings. The van der Waals surface area contributed by atoms with Crippen molar-refractivity contribution < 1.29 is 9.90 Å². The second-order valence-corrected chi connectivity index (χ2v) is 5.88. The Balaban J connectivity index is 2.10. The van der Waals surface area contributed by atoms with E-state index < -0.39 is 6.04 Å². The normalized spacial score (nSPS) is 12.4. The number of carbonyl (C=O) groups excluding carboxylic acids is 1. The van der Waals surface area contributed by atoms with Crippen LogP contribution in [0, 0.1) is 6.92 Å². The maximum absolute atomic E-state index is 11.9. The van der Waals surface area contributed by atoms with E-state index in [1.165, 1.54) is 11.3 Å². The number of hydrogen-bond donors (Lipinski definition) is 3. The van der Waals surface area contributed by atoms with Gasteiger partial charge < -0.3 is 15.4 Å². The summed E-state index contributed by atoms with van der Waals surface area (Å²) in [6.45, 7) is 1.58. The van der Waals surface area contributed by atoms with E-state index in [0.29, 0.717) is 10.8 Å². The highest BCUT2D eigenvalue weighted by atomic mass is 79.9. The van der Waals surface area contributed by atoms with Crippen LogP contribution in [0.1, 0.15) is 27.4 Å². The molecule has 2 aromatic rings. The fraction of sp³-hybridized carbons (Fsp3) is 0.300. The van der Waals surface area contributed by atoms with Crippen molar-refractivity contribution in [2.75, 3.05) is 6.61 Å². The molecular weight excluding hydrogens is 320 g/mol. The molecule has 1 unspecified atom stereocenters. The maximum atomic E-state index is 11.9. The van der Waals surface area contributed by atoms with E-state index in [1.807, 2.05) is 6.92 Å². The molecule has 2 rings (SSSR count). The van der Waals surface area contributed by atoms with E-state index in [9.17, 15) is 9.90 Å². The second kappa shape index (κ2) is 5.59. The molecule has 0 aliphatic heterocycles. The predicted octanol–water partition coefficient (Wildman–Crippen LogP) is 1.40. The quantitative estimate of drug-likeness (QED) is 0.790. The Kier molecular flexibility index (Phi) is 4.10. The molecule has 0 fully saturated rings. The van der Waals surface area contributed by atoms with Crippen molar-refractivity contribution in [3.05, 3.63) is 32.7 Å². The summed E-state index contributed by atoms with van der Waals surface area (Å²) in [6.07, 6.45) is 3.20. The van der Waals surface area contributed by atoms with Gasteiger partial charge in [0.05, 0.1) is 16.1 Å². The monoisotopic (exact) mass is 330 g/mol. The average molecular weight is 331 g/mol. The number of aliphatic hydroxyl groups is 1. The van der Waals surface area contributed by atoms with Crippen LogP contribution in [0.2, 0.25) is 0 Å². The minimum absolute atomic E-state index is 0.231. The number of hydrogen-bond acceptors (Lipinski definition) is 5. The molecule has 1 atom stereocenters. The number of aromatic amines is 1. The third-order valence-electron chi connectivity index (χ3n) is 2.27. The Bertz CT molecular complexity index is 521. The van der Waals surface area contributed by atoms with Crippen molar-refractivity contribution in [3.63, 3.8) is 0 Å². The molecule has 0 saturated heterocycles. The molecule has 0 spiro atoms. The zero-order chi connectivity index (χ0) is 13.1. The average Bonchev–Trinajstić information content (AvgIpc) is 2.97. The van der Waals surface area contributed by atoms with Crippen LogP contribution in [-0.4, -0.2) is 32.6 Å². The predicted molar refractivity (Wildman–Crippen MR) is 70.4 cm³/mol. The summed E-state index contributed by atoms with van der Waals surface area (Å²) >= 11 is 4.57. The highest BCUT2D eigenvalue weighted by Gasteiger charge is 2.19. The van der Waals surface area contributed by atoms with Crippen molar-refractivity contribution in [1.82, 2.24) is 20.3 Å². The summed E-state index contributed by atoms with van der Waals surface area (Å²) < 4.78 is 0.825. The number of nitrogens with zero attached hydrogens (tertiary/aromatic N) is 2.